The number of anilines is 1. The van der Waals surface area contributed by atoms with E-state index in [-0.39, 0.29) is 5.91 Å². The van der Waals surface area contributed by atoms with Gasteiger partial charge in [-0.15, -0.1) is 0 Å². The van der Waals surface area contributed by atoms with Gasteiger partial charge < -0.3 is 9.88 Å². The lowest BCUT2D eigenvalue weighted by Crippen LogP contribution is -2.16. The van der Waals surface area contributed by atoms with Crippen molar-refractivity contribution in [3.63, 3.8) is 0 Å². The van der Waals surface area contributed by atoms with E-state index >= 15 is 0 Å². The number of rotatable bonds is 3. The summed E-state index contributed by atoms with van der Waals surface area (Å²) in [5, 5.41) is 11.6. The third-order valence-corrected chi connectivity index (χ3v) is 3.87. The van der Waals surface area contributed by atoms with Crippen molar-refractivity contribution in [3.05, 3.63) is 50.7 Å². The number of carbonyl (C=O) groups excluding carboxylic acids is 1. The predicted octanol–water partition coefficient (Wildman–Crippen LogP) is 4.16. The Morgan fingerprint density at radius 2 is 2.15 bits per heavy atom. The maximum atomic E-state index is 12.3. The molecule has 0 fully saturated rings. The molecule has 102 valence electrons. The smallest absolute Gasteiger partial charge is 0.272 e. The zero-order valence-electron chi connectivity index (χ0n) is 10.7. The van der Waals surface area contributed by atoms with Crippen LogP contribution in [0.25, 0.3) is 0 Å². The van der Waals surface area contributed by atoms with E-state index in [0.717, 1.165) is 4.47 Å². The Hall–Kier alpha value is -1.58. The number of benzene rings is 1. The molecular weight excluding hydrogens is 386 g/mol. The van der Waals surface area contributed by atoms with Crippen LogP contribution in [0.5, 0.6) is 0 Å². The topological polar surface area (TPSA) is 57.8 Å². The Morgan fingerprint density at radius 1 is 1.40 bits per heavy atom. The van der Waals surface area contributed by atoms with Crippen LogP contribution in [0, 0.1) is 11.3 Å². The van der Waals surface area contributed by atoms with Crippen molar-refractivity contribution < 1.29 is 4.79 Å². The van der Waals surface area contributed by atoms with Gasteiger partial charge in [0.05, 0.1) is 17.3 Å². The monoisotopic (exact) mass is 395 g/mol. The second-order valence-electron chi connectivity index (χ2n) is 4.09. The maximum absolute atomic E-state index is 12.3. The molecule has 0 atom stereocenters. The van der Waals surface area contributed by atoms with Crippen molar-refractivity contribution in [1.82, 2.24) is 4.57 Å². The zero-order chi connectivity index (χ0) is 14.7. The highest BCUT2D eigenvalue weighted by molar-refractivity contribution is 9.10. The van der Waals surface area contributed by atoms with E-state index in [1.165, 1.54) is 0 Å². The number of aromatic nitrogens is 1. The Morgan fingerprint density at radius 3 is 2.75 bits per heavy atom. The normalized spacial score (nSPS) is 10.1. The summed E-state index contributed by atoms with van der Waals surface area (Å²) in [6.45, 7) is 2.68. The van der Waals surface area contributed by atoms with Crippen LogP contribution in [0.2, 0.25) is 0 Å². The largest absolute Gasteiger partial charge is 0.343 e. The zero-order valence-corrected chi connectivity index (χ0v) is 13.8. The van der Waals surface area contributed by atoms with E-state index in [1.54, 1.807) is 24.3 Å². The minimum atomic E-state index is -0.192. The molecule has 20 heavy (non-hydrogen) atoms. The number of nitriles is 1. The van der Waals surface area contributed by atoms with Gasteiger partial charge in [-0.05, 0) is 63.0 Å². The summed E-state index contributed by atoms with van der Waals surface area (Å²) in [6.07, 6.45) is 1.86. The molecule has 1 N–H and O–H groups in total. The average Bonchev–Trinajstić information content (AvgIpc) is 2.82. The highest BCUT2D eigenvalue weighted by Crippen LogP contribution is 2.24. The molecule has 0 aliphatic heterocycles. The van der Waals surface area contributed by atoms with Crippen molar-refractivity contribution >= 4 is 43.5 Å². The third kappa shape index (κ3) is 3.11. The lowest BCUT2D eigenvalue weighted by atomic mass is 10.2. The molecule has 0 aliphatic carbocycles. The Kier molecular flexibility index (Phi) is 4.63. The number of aryl methyl sites for hydroxylation is 1. The van der Waals surface area contributed by atoms with Crippen LogP contribution in [-0.2, 0) is 6.54 Å². The summed E-state index contributed by atoms with van der Waals surface area (Å²) in [6, 6.07) is 8.86. The van der Waals surface area contributed by atoms with Gasteiger partial charge >= 0.3 is 0 Å². The van der Waals surface area contributed by atoms with Crippen molar-refractivity contribution in [1.29, 1.82) is 5.26 Å². The van der Waals surface area contributed by atoms with Gasteiger partial charge in [-0.3, -0.25) is 4.79 Å². The van der Waals surface area contributed by atoms with Gasteiger partial charge in [-0.25, -0.2) is 0 Å². The molecule has 0 saturated heterocycles. The van der Waals surface area contributed by atoms with Gasteiger partial charge in [0.2, 0.25) is 0 Å². The quantitative estimate of drug-likeness (QED) is 0.846. The molecule has 2 aromatic rings. The van der Waals surface area contributed by atoms with Gasteiger partial charge in [0.15, 0.2) is 0 Å². The van der Waals surface area contributed by atoms with Crippen LogP contribution in [0.15, 0.2) is 39.4 Å². The first-order valence-electron chi connectivity index (χ1n) is 5.91. The minimum absolute atomic E-state index is 0.192. The second-order valence-corrected chi connectivity index (χ2v) is 5.86. The van der Waals surface area contributed by atoms with Crippen molar-refractivity contribution in [3.8, 4) is 6.07 Å². The third-order valence-electron chi connectivity index (χ3n) is 2.78. The second kappa shape index (κ2) is 6.25. The van der Waals surface area contributed by atoms with Crippen molar-refractivity contribution in [2.45, 2.75) is 13.5 Å². The van der Waals surface area contributed by atoms with Crippen LogP contribution >= 0.6 is 31.9 Å². The summed E-state index contributed by atoms with van der Waals surface area (Å²) < 4.78 is 3.40. The van der Waals surface area contributed by atoms with E-state index in [1.807, 2.05) is 23.8 Å². The lowest BCUT2D eigenvalue weighted by molar-refractivity contribution is 0.101. The van der Waals surface area contributed by atoms with Gasteiger partial charge in [0.1, 0.15) is 5.69 Å². The van der Waals surface area contributed by atoms with Crippen molar-refractivity contribution in [2.75, 3.05) is 5.32 Å². The number of hydrogen-bond acceptors (Lipinski definition) is 2. The summed E-state index contributed by atoms with van der Waals surface area (Å²) in [5.74, 6) is -0.192. The molecule has 1 heterocycles. The number of carbonyl (C=O) groups is 1. The fourth-order valence-electron chi connectivity index (χ4n) is 1.80. The Bertz CT molecular complexity index is 701. The lowest BCUT2D eigenvalue weighted by Gasteiger charge is -2.09. The van der Waals surface area contributed by atoms with Gasteiger partial charge in [-0.2, -0.15) is 5.26 Å². The average molecular weight is 397 g/mol. The predicted molar refractivity (Wildman–Crippen MR) is 84.6 cm³/mol. The first-order chi connectivity index (χ1) is 9.55. The highest BCUT2D eigenvalue weighted by atomic mass is 79.9. The Balaban J connectivity index is 2.26. The molecule has 0 bridgehead atoms. The van der Waals surface area contributed by atoms with Crippen LogP contribution in [0.3, 0.4) is 0 Å². The molecule has 0 saturated carbocycles. The molecule has 0 unspecified atom stereocenters. The van der Waals surface area contributed by atoms with Crippen LogP contribution in [0.4, 0.5) is 5.69 Å². The van der Waals surface area contributed by atoms with E-state index in [9.17, 15) is 4.79 Å². The van der Waals surface area contributed by atoms with Crippen LogP contribution < -0.4 is 5.32 Å². The highest BCUT2D eigenvalue weighted by Gasteiger charge is 2.13. The molecule has 0 radical (unpaired) electrons. The first-order valence-corrected chi connectivity index (χ1v) is 7.50. The summed E-state index contributed by atoms with van der Waals surface area (Å²) in [5.41, 5.74) is 1.75. The molecule has 1 aromatic heterocycles. The standard InChI is InChI=1S/C14H11Br2N3O/c1-2-19-8-10(15)6-13(19)14(20)18-12-4-3-9(7-17)5-11(12)16/h3-6,8H,2H2,1H3,(H,18,20). The van der Waals surface area contributed by atoms with Crippen LogP contribution in [-0.4, -0.2) is 10.5 Å². The number of nitrogens with one attached hydrogen (secondary N) is 1. The maximum Gasteiger partial charge on any atom is 0.272 e. The van der Waals surface area contributed by atoms with Gasteiger partial charge in [-0.1, -0.05) is 0 Å². The van der Waals surface area contributed by atoms with E-state index in [2.05, 4.69) is 37.2 Å². The fourth-order valence-corrected chi connectivity index (χ4v) is 2.74. The number of hydrogen-bond donors (Lipinski definition) is 1. The number of nitrogens with zero attached hydrogens (tertiary/aromatic N) is 2. The molecule has 1 aromatic carbocycles. The van der Waals surface area contributed by atoms with E-state index < -0.39 is 0 Å². The molecule has 0 aliphatic rings. The molecule has 4 nitrogen and oxygen atoms in total. The van der Waals surface area contributed by atoms with E-state index in [0.29, 0.717) is 28.0 Å². The molecule has 2 rings (SSSR count). The van der Waals surface area contributed by atoms with Crippen LogP contribution in [0.1, 0.15) is 23.0 Å². The van der Waals surface area contributed by atoms with Crippen molar-refractivity contribution in [2.24, 2.45) is 0 Å². The molecule has 6 heteroatoms. The number of halogens is 2. The first kappa shape index (κ1) is 14.8. The fraction of sp³-hybridized carbons (Fsp3) is 0.143. The SMILES string of the molecule is CCn1cc(Br)cc1C(=O)Nc1ccc(C#N)cc1Br. The molecule has 1 amide bonds. The number of amides is 1. The van der Waals surface area contributed by atoms with Gasteiger partial charge in [0.25, 0.3) is 5.91 Å². The summed E-state index contributed by atoms with van der Waals surface area (Å²) in [7, 11) is 0. The van der Waals surface area contributed by atoms with Gasteiger partial charge in [0, 0.05) is 21.7 Å². The molecular formula is C14H11Br2N3O. The summed E-state index contributed by atoms with van der Waals surface area (Å²) in [4.78, 5) is 12.3. The summed E-state index contributed by atoms with van der Waals surface area (Å²) >= 11 is 6.71. The molecule has 0 spiro atoms. The van der Waals surface area contributed by atoms with E-state index in [4.69, 9.17) is 5.26 Å². The Labute approximate surface area is 133 Å². The minimum Gasteiger partial charge on any atom is -0.343 e.